The first-order valence-corrected chi connectivity index (χ1v) is 7.92. The van der Waals surface area contributed by atoms with Crippen molar-refractivity contribution in [2.24, 2.45) is 4.99 Å². The van der Waals surface area contributed by atoms with Crippen molar-refractivity contribution in [1.82, 2.24) is 4.57 Å². The minimum absolute atomic E-state index is 0.169. The van der Waals surface area contributed by atoms with Gasteiger partial charge in [0, 0.05) is 17.1 Å². The van der Waals surface area contributed by atoms with Crippen LogP contribution in [0.4, 0.5) is 4.39 Å². The molecular weight excluding hydrogens is 283 g/mol. The molecule has 0 unspecified atom stereocenters. The summed E-state index contributed by atoms with van der Waals surface area (Å²) in [5, 5.41) is 1.84. The van der Waals surface area contributed by atoms with Gasteiger partial charge >= 0.3 is 0 Å². The molecule has 0 radical (unpaired) electrons. The fraction of sp³-hybridized carbons (Fsp3) is 0.231. The van der Waals surface area contributed by atoms with Crippen molar-refractivity contribution in [2.75, 3.05) is 12.0 Å². The number of nitrogens with zero attached hydrogens (tertiary/aromatic N) is 2. The zero-order chi connectivity index (χ0) is 13.7. The smallest absolute Gasteiger partial charge is 0.258 e. The highest BCUT2D eigenvalue weighted by Gasteiger charge is 2.04. The number of aromatic nitrogens is 1. The molecule has 0 atom stereocenters. The number of benzene rings is 1. The first kappa shape index (κ1) is 14.0. The Hall–Kier alpha value is -1.40. The van der Waals surface area contributed by atoms with E-state index in [9.17, 15) is 9.18 Å². The van der Waals surface area contributed by atoms with E-state index in [4.69, 9.17) is 0 Å². The lowest BCUT2D eigenvalue weighted by atomic mass is 10.2. The van der Waals surface area contributed by atoms with Crippen LogP contribution >= 0.6 is 23.1 Å². The highest BCUT2D eigenvalue weighted by atomic mass is 32.2. The Morgan fingerprint density at radius 1 is 1.47 bits per heavy atom. The maximum Gasteiger partial charge on any atom is 0.258 e. The fourth-order valence-corrected chi connectivity index (χ4v) is 2.64. The lowest BCUT2D eigenvalue weighted by Crippen LogP contribution is -2.18. The SMILES string of the molecule is CSCC(=O)N=c1sccn1Cc1ccccc1F. The Morgan fingerprint density at radius 3 is 3.00 bits per heavy atom. The molecule has 19 heavy (non-hydrogen) atoms. The van der Waals surface area contributed by atoms with E-state index in [-0.39, 0.29) is 11.7 Å². The molecule has 2 rings (SSSR count). The van der Waals surface area contributed by atoms with Gasteiger partial charge in [0.1, 0.15) is 5.82 Å². The molecule has 0 saturated carbocycles. The van der Waals surface area contributed by atoms with Gasteiger partial charge in [-0.25, -0.2) is 4.39 Å². The molecule has 0 saturated heterocycles. The molecule has 0 fully saturated rings. The van der Waals surface area contributed by atoms with Gasteiger partial charge in [-0.05, 0) is 12.3 Å². The van der Waals surface area contributed by atoms with Crippen LogP contribution in [0.1, 0.15) is 5.56 Å². The van der Waals surface area contributed by atoms with E-state index >= 15 is 0 Å². The zero-order valence-electron chi connectivity index (χ0n) is 10.4. The van der Waals surface area contributed by atoms with Gasteiger partial charge in [-0.2, -0.15) is 16.8 Å². The summed E-state index contributed by atoms with van der Waals surface area (Å²) in [4.78, 5) is 16.1. The Bertz CT molecular complexity index is 633. The summed E-state index contributed by atoms with van der Waals surface area (Å²) in [6.45, 7) is 0.377. The number of thiazole rings is 1. The van der Waals surface area contributed by atoms with Gasteiger partial charge in [0.15, 0.2) is 4.80 Å². The minimum Gasteiger partial charge on any atom is -0.319 e. The predicted molar refractivity (Wildman–Crippen MR) is 76.8 cm³/mol. The largest absolute Gasteiger partial charge is 0.319 e. The van der Waals surface area contributed by atoms with E-state index < -0.39 is 0 Å². The molecule has 1 heterocycles. The van der Waals surface area contributed by atoms with E-state index in [1.165, 1.54) is 29.2 Å². The van der Waals surface area contributed by atoms with Crippen LogP contribution < -0.4 is 4.80 Å². The highest BCUT2D eigenvalue weighted by molar-refractivity contribution is 7.99. The Labute approximate surface area is 118 Å². The van der Waals surface area contributed by atoms with Crippen LogP contribution in [0.15, 0.2) is 40.8 Å². The second-order valence-corrected chi connectivity index (χ2v) is 5.58. The van der Waals surface area contributed by atoms with Gasteiger partial charge in [-0.15, -0.1) is 11.3 Å². The molecule has 0 bridgehead atoms. The minimum atomic E-state index is -0.248. The van der Waals surface area contributed by atoms with Gasteiger partial charge in [-0.3, -0.25) is 4.79 Å². The van der Waals surface area contributed by atoms with E-state index in [0.717, 1.165) is 0 Å². The number of carbonyl (C=O) groups is 1. The predicted octanol–water partition coefficient (Wildman–Crippen LogP) is 2.53. The number of halogens is 1. The third-order valence-corrected chi connectivity index (χ3v) is 3.78. The van der Waals surface area contributed by atoms with Crippen molar-refractivity contribution in [1.29, 1.82) is 0 Å². The summed E-state index contributed by atoms with van der Waals surface area (Å²) in [7, 11) is 0. The lowest BCUT2D eigenvalue weighted by Gasteiger charge is -2.04. The molecule has 3 nitrogen and oxygen atoms in total. The van der Waals surface area contributed by atoms with Crippen LogP contribution in [-0.4, -0.2) is 22.5 Å². The average Bonchev–Trinajstić information content (AvgIpc) is 2.80. The molecule has 2 aromatic rings. The maximum atomic E-state index is 13.6. The molecule has 0 spiro atoms. The van der Waals surface area contributed by atoms with Crippen molar-refractivity contribution in [3.8, 4) is 0 Å². The number of thioether (sulfide) groups is 1. The van der Waals surface area contributed by atoms with Crippen molar-refractivity contribution in [3.63, 3.8) is 0 Å². The summed E-state index contributed by atoms with van der Waals surface area (Å²) < 4.78 is 15.4. The Kier molecular flexibility index (Phi) is 4.93. The molecule has 6 heteroatoms. The molecule has 100 valence electrons. The van der Waals surface area contributed by atoms with E-state index in [0.29, 0.717) is 22.7 Å². The van der Waals surface area contributed by atoms with Crippen LogP contribution in [0, 0.1) is 5.82 Å². The molecule has 1 aromatic heterocycles. The third kappa shape index (κ3) is 3.78. The van der Waals surface area contributed by atoms with E-state index in [1.807, 2.05) is 17.8 Å². The van der Waals surface area contributed by atoms with Gasteiger partial charge in [-0.1, -0.05) is 18.2 Å². The van der Waals surface area contributed by atoms with Crippen LogP contribution in [0.25, 0.3) is 0 Å². The van der Waals surface area contributed by atoms with Crippen LogP contribution in [-0.2, 0) is 11.3 Å². The quantitative estimate of drug-likeness (QED) is 0.869. The van der Waals surface area contributed by atoms with Crippen molar-refractivity contribution in [3.05, 3.63) is 52.0 Å². The summed E-state index contributed by atoms with van der Waals surface area (Å²) in [5.41, 5.74) is 0.583. The van der Waals surface area contributed by atoms with Crippen LogP contribution in [0.5, 0.6) is 0 Å². The molecule has 1 amide bonds. The molecular formula is C13H13FN2OS2. The number of carbonyl (C=O) groups excluding carboxylic acids is 1. The molecule has 0 aliphatic rings. The molecule has 0 aliphatic carbocycles. The zero-order valence-corrected chi connectivity index (χ0v) is 12.0. The van der Waals surface area contributed by atoms with E-state index in [2.05, 4.69) is 4.99 Å². The van der Waals surface area contributed by atoms with E-state index in [1.54, 1.807) is 22.8 Å². The summed E-state index contributed by atoms with van der Waals surface area (Å²) in [6, 6.07) is 6.61. The maximum absolute atomic E-state index is 13.6. The summed E-state index contributed by atoms with van der Waals surface area (Å²) in [6.07, 6.45) is 3.66. The first-order chi connectivity index (χ1) is 9.20. The Balaban J connectivity index is 2.26. The Morgan fingerprint density at radius 2 is 2.26 bits per heavy atom. The highest BCUT2D eigenvalue weighted by Crippen LogP contribution is 2.08. The topological polar surface area (TPSA) is 34.4 Å². The first-order valence-electron chi connectivity index (χ1n) is 5.64. The van der Waals surface area contributed by atoms with Crippen molar-refractivity contribution < 1.29 is 9.18 Å². The lowest BCUT2D eigenvalue weighted by molar-refractivity contribution is -0.115. The molecule has 1 aromatic carbocycles. The number of rotatable bonds is 4. The second kappa shape index (κ2) is 6.68. The number of amides is 1. The van der Waals surface area contributed by atoms with Gasteiger partial charge in [0.2, 0.25) is 0 Å². The summed E-state index contributed by atoms with van der Waals surface area (Å²) >= 11 is 2.81. The monoisotopic (exact) mass is 296 g/mol. The third-order valence-electron chi connectivity index (χ3n) is 2.45. The number of hydrogen-bond donors (Lipinski definition) is 0. The van der Waals surface area contributed by atoms with Gasteiger partial charge < -0.3 is 4.57 Å². The summed E-state index contributed by atoms with van der Waals surface area (Å²) in [5.74, 6) is -0.0581. The average molecular weight is 296 g/mol. The fourth-order valence-electron chi connectivity index (χ4n) is 1.58. The van der Waals surface area contributed by atoms with Crippen molar-refractivity contribution in [2.45, 2.75) is 6.54 Å². The molecule has 0 N–H and O–H groups in total. The van der Waals surface area contributed by atoms with Gasteiger partial charge in [0.05, 0.1) is 12.3 Å². The van der Waals surface area contributed by atoms with Crippen LogP contribution in [0.3, 0.4) is 0 Å². The second-order valence-electron chi connectivity index (χ2n) is 3.84. The van der Waals surface area contributed by atoms with Crippen molar-refractivity contribution >= 4 is 29.0 Å². The normalized spacial score (nSPS) is 11.8. The standard InChI is InChI=1S/C13H13FN2OS2/c1-18-9-12(17)15-13-16(6-7-19-13)8-10-4-2-3-5-11(10)14/h2-7H,8-9H2,1H3. The van der Waals surface area contributed by atoms with Gasteiger partial charge in [0.25, 0.3) is 5.91 Å². The molecule has 0 aliphatic heterocycles. The number of hydrogen-bond acceptors (Lipinski definition) is 3. The van der Waals surface area contributed by atoms with Crippen LogP contribution in [0.2, 0.25) is 0 Å².